The monoisotopic (exact) mass is 275 g/mol. The van der Waals surface area contributed by atoms with Crippen LogP contribution in [0.25, 0.3) is 11.2 Å². The van der Waals surface area contributed by atoms with E-state index in [1.54, 1.807) is 23.0 Å². The van der Waals surface area contributed by atoms with Crippen LogP contribution in [0, 0.1) is 0 Å². The zero-order valence-electron chi connectivity index (χ0n) is 9.80. The minimum atomic E-state index is -0.297. The number of fused-ring (bicyclic) bond motifs is 1. The molecule has 1 aromatic carbocycles. The van der Waals surface area contributed by atoms with E-state index in [1.807, 2.05) is 12.1 Å². The van der Waals surface area contributed by atoms with Gasteiger partial charge in [-0.25, -0.2) is 4.98 Å². The molecule has 3 rings (SSSR count). The number of nitrogens with zero attached hydrogens (tertiary/aromatic N) is 3. The van der Waals surface area contributed by atoms with Crippen molar-refractivity contribution in [3.63, 3.8) is 0 Å². The standard InChI is InChI=1S/C12H10ClN5O/c13-8-3-1-7(2-4-8)5-18-6-15-10-9(18)11(19)17-12(14)16-10/h1-4,6H,5H2,(H3,14,16,17,19). The van der Waals surface area contributed by atoms with Gasteiger partial charge in [0.05, 0.1) is 6.33 Å². The van der Waals surface area contributed by atoms with Gasteiger partial charge in [0.2, 0.25) is 5.95 Å². The SMILES string of the molecule is Nc1nc2ncn(Cc3ccc(Cl)cc3)c2c(=O)[nH]1. The number of nitrogen functional groups attached to an aromatic ring is 1. The van der Waals surface area contributed by atoms with E-state index in [1.165, 1.54) is 0 Å². The van der Waals surface area contributed by atoms with Gasteiger partial charge in [-0.3, -0.25) is 9.78 Å². The minimum Gasteiger partial charge on any atom is -0.369 e. The van der Waals surface area contributed by atoms with E-state index in [9.17, 15) is 4.79 Å². The maximum Gasteiger partial charge on any atom is 0.278 e. The van der Waals surface area contributed by atoms with Crippen LogP contribution in [0.1, 0.15) is 5.56 Å². The van der Waals surface area contributed by atoms with Crippen molar-refractivity contribution in [1.29, 1.82) is 0 Å². The van der Waals surface area contributed by atoms with Gasteiger partial charge < -0.3 is 10.3 Å². The summed E-state index contributed by atoms with van der Waals surface area (Å²) in [7, 11) is 0. The molecule has 96 valence electrons. The smallest absolute Gasteiger partial charge is 0.278 e. The second-order valence-corrected chi connectivity index (χ2v) is 4.56. The Morgan fingerprint density at radius 1 is 1.32 bits per heavy atom. The molecule has 19 heavy (non-hydrogen) atoms. The molecule has 0 radical (unpaired) electrons. The fraction of sp³-hybridized carbons (Fsp3) is 0.0833. The van der Waals surface area contributed by atoms with Crippen LogP contribution in [-0.4, -0.2) is 19.5 Å². The van der Waals surface area contributed by atoms with Crippen molar-refractivity contribution < 1.29 is 0 Å². The number of halogens is 1. The number of benzene rings is 1. The van der Waals surface area contributed by atoms with Crippen molar-refractivity contribution in [2.75, 3.05) is 5.73 Å². The minimum absolute atomic E-state index is 0.0641. The summed E-state index contributed by atoms with van der Waals surface area (Å²) in [5.74, 6) is 0.0641. The Morgan fingerprint density at radius 2 is 2.05 bits per heavy atom. The Kier molecular flexibility index (Phi) is 2.72. The average molecular weight is 276 g/mol. The van der Waals surface area contributed by atoms with Crippen molar-refractivity contribution in [3.05, 3.63) is 51.5 Å². The quantitative estimate of drug-likeness (QED) is 0.740. The topological polar surface area (TPSA) is 89.6 Å². The van der Waals surface area contributed by atoms with Gasteiger partial charge in [0.25, 0.3) is 5.56 Å². The Morgan fingerprint density at radius 3 is 2.79 bits per heavy atom. The lowest BCUT2D eigenvalue weighted by atomic mass is 10.2. The largest absolute Gasteiger partial charge is 0.369 e. The molecule has 0 aliphatic heterocycles. The molecule has 0 bridgehead atoms. The lowest BCUT2D eigenvalue weighted by Gasteiger charge is -2.04. The molecule has 0 fully saturated rings. The number of hydrogen-bond donors (Lipinski definition) is 2. The third-order valence-electron chi connectivity index (χ3n) is 2.77. The maximum absolute atomic E-state index is 11.9. The van der Waals surface area contributed by atoms with Crippen molar-refractivity contribution in [2.45, 2.75) is 6.54 Å². The van der Waals surface area contributed by atoms with Gasteiger partial charge in [-0.1, -0.05) is 23.7 Å². The number of nitrogens with one attached hydrogen (secondary N) is 1. The number of rotatable bonds is 2. The zero-order chi connectivity index (χ0) is 13.4. The first-order valence-corrected chi connectivity index (χ1v) is 5.96. The van der Waals surface area contributed by atoms with Gasteiger partial charge >= 0.3 is 0 Å². The van der Waals surface area contributed by atoms with Crippen molar-refractivity contribution >= 4 is 28.7 Å². The summed E-state index contributed by atoms with van der Waals surface area (Å²) in [4.78, 5) is 22.4. The van der Waals surface area contributed by atoms with E-state index in [4.69, 9.17) is 17.3 Å². The summed E-state index contributed by atoms with van der Waals surface area (Å²) in [5.41, 5.74) is 6.94. The summed E-state index contributed by atoms with van der Waals surface area (Å²) in [5, 5.41) is 0.673. The second kappa shape index (κ2) is 4.40. The molecular weight excluding hydrogens is 266 g/mol. The second-order valence-electron chi connectivity index (χ2n) is 4.12. The van der Waals surface area contributed by atoms with Crippen molar-refractivity contribution in [1.82, 2.24) is 19.5 Å². The zero-order valence-corrected chi connectivity index (χ0v) is 10.6. The summed E-state index contributed by atoms with van der Waals surface area (Å²) in [6.45, 7) is 0.516. The number of aromatic nitrogens is 4. The number of anilines is 1. The molecule has 3 N–H and O–H groups in total. The van der Waals surface area contributed by atoms with E-state index in [0.717, 1.165) is 5.56 Å². The molecule has 2 aromatic heterocycles. The van der Waals surface area contributed by atoms with Crippen molar-refractivity contribution in [2.24, 2.45) is 0 Å². The summed E-state index contributed by atoms with van der Waals surface area (Å²) >= 11 is 5.83. The lowest BCUT2D eigenvalue weighted by molar-refractivity contribution is 0.820. The Labute approximate surface area is 112 Å². The van der Waals surface area contributed by atoms with Crippen LogP contribution < -0.4 is 11.3 Å². The molecular formula is C12H10ClN5O. The Hall–Kier alpha value is -2.34. The van der Waals surface area contributed by atoms with Gasteiger partial charge in [-0.2, -0.15) is 4.98 Å². The highest BCUT2D eigenvalue weighted by molar-refractivity contribution is 6.30. The molecule has 0 amide bonds. The third kappa shape index (κ3) is 2.17. The van der Waals surface area contributed by atoms with Crippen LogP contribution in [0.4, 0.5) is 5.95 Å². The van der Waals surface area contributed by atoms with Crippen molar-refractivity contribution in [3.8, 4) is 0 Å². The van der Waals surface area contributed by atoms with Gasteiger partial charge in [0.1, 0.15) is 0 Å². The highest BCUT2D eigenvalue weighted by Gasteiger charge is 2.09. The molecule has 0 atom stereocenters. The maximum atomic E-state index is 11.9. The van der Waals surface area contributed by atoms with Gasteiger partial charge in [0.15, 0.2) is 11.2 Å². The average Bonchev–Trinajstić information content (AvgIpc) is 2.75. The van der Waals surface area contributed by atoms with E-state index in [-0.39, 0.29) is 11.5 Å². The normalized spacial score (nSPS) is 11.0. The highest BCUT2D eigenvalue weighted by atomic mass is 35.5. The van der Waals surface area contributed by atoms with E-state index >= 15 is 0 Å². The van der Waals surface area contributed by atoms with E-state index in [0.29, 0.717) is 22.7 Å². The molecule has 0 saturated carbocycles. The first-order valence-electron chi connectivity index (χ1n) is 5.58. The van der Waals surface area contributed by atoms with Crippen LogP contribution in [-0.2, 0) is 6.54 Å². The number of hydrogen-bond acceptors (Lipinski definition) is 4. The third-order valence-corrected chi connectivity index (χ3v) is 3.02. The first-order chi connectivity index (χ1) is 9.13. The molecule has 0 aliphatic carbocycles. The van der Waals surface area contributed by atoms with Crippen LogP contribution >= 0.6 is 11.6 Å². The van der Waals surface area contributed by atoms with Crippen LogP contribution in [0.3, 0.4) is 0 Å². The van der Waals surface area contributed by atoms with Gasteiger partial charge in [-0.15, -0.1) is 0 Å². The van der Waals surface area contributed by atoms with Crippen LogP contribution in [0.15, 0.2) is 35.4 Å². The highest BCUT2D eigenvalue weighted by Crippen LogP contribution is 2.13. The summed E-state index contributed by atoms with van der Waals surface area (Å²) in [6, 6.07) is 7.40. The number of aromatic amines is 1. The first kappa shape index (κ1) is 11.7. The molecule has 0 unspecified atom stereocenters. The van der Waals surface area contributed by atoms with Gasteiger partial charge in [0, 0.05) is 11.6 Å². The molecule has 6 nitrogen and oxygen atoms in total. The van der Waals surface area contributed by atoms with Crippen LogP contribution in [0.5, 0.6) is 0 Å². The number of imidazole rings is 1. The lowest BCUT2D eigenvalue weighted by Crippen LogP contribution is -2.14. The summed E-state index contributed by atoms with van der Waals surface area (Å²) in [6.07, 6.45) is 1.57. The predicted octanol–water partition coefficient (Wildman–Crippen LogP) is 1.40. The number of H-pyrrole nitrogens is 1. The van der Waals surface area contributed by atoms with Crippen LogP contribution in [0.2, 0.25) is 5.02 Å². The predicted molar refractivity (Wildman–Crippen MR) is 73.1 cm³/mol. The molecule has 2 heterocycles. The Bertz CT molecular complexity index is 790. The molecule has 7 heteroatoms. The Balaban J connectivity index is 2.06. The molecule has 0 spiro atoms. The van der Waals surface area contributed by atoms with E-state index < -0.39 is 0 Å². The fourth-order valence-electron chi connectivity index (χ4n) is 1.91. The number of nitrogens with two attached hydrogens (primary N) is 1. The molecule has 3 aromatic rings. The fourth-order valence-corrected chi connectivity index (χ4v) is 2.04. The molecule has 0 aliphatic rings. The van der Waals surface area contributed by atoms with E-state index in [2.05, 4.69) is 15.0 Å². The summed E-state index contributed by atoms with van der Waals surface area (Å²) < 4.78 is 1.73. The molecule has 0 saturated heterocycles. The van der Waals surface area contributed by atoms with Gasteiger partial charge in [-0.05, 0) is 17.7 Å².